The van der Waals surface area contributed by atoms with E-state index in [1.165, 1.54) is 0 Å². The van der Waals surface area contributed by atoms with Gasteiger partial charge in [0.05, 0.1) is 11.6 Å². The second-order valence-electron chi connectivity index (χ2n) is 5.30. The summed E-state index contributed by atoms with van der Waals surface area (Å²) in [6, 6.07) is 10.0. The quantitative estimate of drug-likeness (QED) is 0.859. The number of fused-ring (bicyclic) bond motifs is 1. The van der Waals surface area contributed by atoms with Crippen molar-refractivity contribution in [2.45, 2.75) is 6.42 Å². The first-order valence-corrected chi connectivity index (χ1v) is 7.23. The Hall–Kier alpha value is -2.32. The van der Waals surface area contributed by atoms with Gasteiger partial charge in [-0.25, -0.2) is 0 Å². The first-order chi connectivity index (χ1) is 10.3. The van der Waals surface area contributed by atoms with E-state index in [1.807, 2.05) is 46.0 Å². The highest BCUT2D eigenvalue weighted by Gasteiger charge is 2.22. The fraction of sp³-hybridized carbons (Fsp3) is 0.375. The molecule has 0 bridgehead atoms. The zero-order valence-electron chi connectivity index (χ0n) is 11.9. The number of nitrogens with zero attached hydrogens (tertiary/aromatic N) is 4. The highest BCUT2D eigenvalue weighted by Crippen LogP contribution is 2.13. The van der Waals surface area contributed by atoms with Crippen molar-refractivity contribution in [2.75, 3.05) is 32.7 Å². The van der Waals surface area contributed by atoms with E-state index in [1.54, 1.807) is 0 Å². The van der Waals surface area contributed by atoms with Gasteiger partial charge in [-0.15, -0.1) is 0 Å². The third-order valence-electron chi connectivity index (χ3n) is 3.95. The van der Waals surface area contributed by atoms with Crippen LogP contribution in [0.2, 0.25) is 0 Å². The van der Waals surface area contributed by atoms with Crippen LogP contribution in [-0.4, -0.2) is 52.8 Å². The highest BCUT2D eigenvalue weighted by atomic mass is 16.2. The molecule has 5 nitrogen and oxygen atoms in total. The average molecular weight is 282 g/mol. The molecule has 2 aromatic heterocycles. The smallest absolute Gasteiger partial charge is 0.255 e. The Balaban J connectivity index is 1.65. The van der Waals surface area contributed by atoms with Gasteiger partial charge in [0, 0.05) is 57.1 Å². The number of carbonyl (C=O) groups is 1. The summed E-state index contributed by atoms with van der Waals surface area (Å²) in [5.41, 5.74) is 1.78. The molecule has 0 saturated carbocycles. The van der Waals surface area contributed by atoms with Gasteiger partial charge in [-0.05, 0) is 18.2 Å². The molecule has 21 heavy (non-hydrogen) atoms. The maximum absolute atomic E-state index is 12.5. The lowest BCUT2D eigenvalue weighted by molar-refractivity contribution is 0.0640. The zero-order chi connectivity index (χ0) is 14.7. The van der Waals surface area contributed by atoms with E-state index < -0.39 is 0 Å². The van der Waals surface area contributed by atoms with Crippen molar-refractivity contribution in [3.63, 3.8) is 0 Å². The topological polar surface area (TPSA) is 51.8 Å². The van der Waals surface area contributed by atoms with Crippen molar-refractivity contribution in [1.82, 2.24) is 14.2 Å². The van der Waals surface area contributed by atoms with E-state index in [0.29, 0.717) is 6.42 Å². The molecule has 2 aromatic rings. The van der Waals surface area contributed by atoms with E-state index in [9.17, 15) is 4.79 Å². The first-order valence-electron chi connectivity index (χ1n) is 7.23. The SMILES string of the molecule is N#CCCN1CCN(C(=O)c2cc3ccccn3c2)CC1. The van der Waals surface area contributed by atoms with Crippen LogP contribution >= 0.6 is 0 Å². The van der Waals surface area contributed by atoms with Crippen LogP contribution in [0.1, 0.15) is 16.8 Å². The molecule has 0 unspecified atom stereocenters. The summed E-state index contributed by atoms with van der Waals surface area (Å²) in [5, 5.41) is 8.61. The Morgan fingerprint density at radius 3 is 2.76 bits per heavy atom. The van der Waals surface area contributed by atoms with Gasteiger partial charge in [0.1, 0.15) is 0 Å². The summed E-state index contributed by atoms with van der Waals surface area (Å²) in [4.78, 5) is 16.7. The molecule has 1 fully saturated rings. The van der Waals surface area contributed by atoms with Crippen LogP contribution in [0.5, 0.6) is 0 Å². The second-order valence-corrected chi connectivity index (χ2v) is 5.30. The van der Waals surface area contributed by atoms with E-state index in [2.05, 4.69) is 11.0 Å². The molecule has 0 aliphatic carbocycles. The van der Waals surface area contributed by atoms with Crippen molar-refractivity contribution < 1.29 is 4.79 Å². The number of rotatable bonds is 3. The number of aromatic nitrogens is 1. The van der Waals surface area contributed by atoms with Crippen LogP contribution < -0.4 is 0 Å². The Kier molecular flexibility index (Phi) is 3.89. The molecule has 1 saturated heterocycles. The maximum Gasteiger partial charge on any atom is 0.255 e. The van der Waals surface area contributed by atoms with Crippen LogP contribution in [0, 0.1) is 11.3 Å². The van der Waals surface area contributed by atoms with Crippen LogP contribution in [0.15, 0.2) is 36.7 Å². The lowest BCUT2D eigenvalue weighted by Gasteiger charge is -2.34. The number of nitriles is 1. The summed E-state index contributed by atoms with van der Waals surface area (Å²) in [6.07, 6.45) is 4.39. The largest absolute Gasteiger partial charge is 0.336 e. The van der Waals surface area contributed by atoms with Crippen molar-refractivity contribution in [1.29, 1.82) is 5.26 Å². The van der Waals surface area contributed by atoms with Crippen molar-refractivity contribution in [3.8, 4) is 6.07 Å². The lowest BCUT2D eigenvalue weighted by atomic mass is 10.2. The molecular weight excluding hydrogens is 264 g/mol. The number of piperazine rings is 1. The molecule has 108 valence electrons. The van der Waals surface area contributed by atoms with E-state index in [0.717, 1.165) is 43.8 Å². The molecule has 1 amide bonds. The lowest BCUT2D eigenvalue weighted by Crippen LogP contribution is -2.48. The molecule has 1 aliphatic rings. The Labute approximate surface area is 124 Å². The molecule has 1 aliphatic heterocycles. The fourth-order valence-corrected chi connectivity index (χ4v) is 2.74. The van der Waals surface area contributed by atoms with Crippen LogP contribution in [0.4, 0.5) is 0 Å². The van der Waals surface area contributed by atoms with Gasteiger partial charge in [-0.3, -0.25) is 9.69 Å². The number of pyridine rings is 1. The minimum atomic E-state index is 0.0960. The number of hydrogen-bond donors (Lipinski definition) is 0. The Bertz CT molecular complexity index is 644. The summed E-state index contributed by atoms with van der Waals surface area (Å²) in [6.45, 7) is 3.96. The van der Waals surface area contributed by atoms with Gasteiger partial charge in [0.2, 0.25) is 0 Å². The number of amides is 1. The summed E-state index contributed by atoms with van der Waals surface area (Å²) in [7, 11) is 0. The van der Waals surface area contributed by atoms with E-state index in [4.69, 9.17) is 5.26 Å². The molecule has 0 spiro atoms. The Morgan fingerprint density at radius 1 is 1.24 bits per heavy atom. The molecule has 3 heterocycles. The van der Waals surface area contributed by atoms with Crippen molar-refractivity contribution in [2.24, 2.45) is 0 Å². The summed E-state index contributed by atoms with van der Waals surface area (Å²) >= 11 is 0. The van der Waals surface area contributed by atoms with Gasteiger partial charge in [0.15, 0.2) is 0 Å². The molecule has 3 rings (SSSR count). The monoisotopic (exact) mass is 282 g/mol. The predicted molar refractivity (Wildman–Crippen MR) is 80.0 cm³/mol. The van der Waals surface area contributed by atoms with Gasteiger partial charge in [-0.1, -0.05) is 6.07 Å². The third kappa shape index (κ3) is 2.91. The first kappa shape index (κ1) is 13.7. The van der Waals surface area contributed by atoms with Crippen molar-refractivity contribution >= 4 is 11.4 Å². The number of carbonyl (C=O) groups excluding carboxylic acids is 1. The molecule has 0 aromatic carbocycles. The second kappa shape index (κ2) is 5.98. The third-order valence-corrected chi connectivity index (χ3v) is 3.95. The van der Waals surface area contributed by atoms with E-state index >= 15 is 0 Å². The zero-order valence-corrected chi connectivity index (χ0v) is 11.9. The maximum atomic E-state index is 12.5. The number of hydrogen-bond acceptors (Lipinski definition) is 3. The average Bonchev–Trinajstić information content (AvgIpc) is 2.96. The molecule has 0 N–H and O–H groups in total. The predicted octanol–water partition coefficient (Wildman–Crippen LogP) is 1.61. The molecule has 5 heteroatoms. The van der Waals surface area contributed by atoms with Crippen molar-refractivity contribution in [3.05, 3.63) is 42.2 Å². The summed E-state index contributed by atoms with van der Waals surface area (Å²) in [5.74, 6) is 0.0960. The minimum absolute atomic E-state index is 0.0960. The molecule has 0 radical (unpaired) electrons. The Morgan fingerprint density at radius 2 is 2.05 bits per heavy atom. The van der Waals surface area contributed by atoms with Gasteiger partial charge < -0.3 is 9.30 Å². The molecule has 0 atom stereocenters. The van der Waals surface area contributed by atoms with Gasteiger partial charge >= 0.3 is 0 Å². The van der Waals surface area contributed by atoms with Crippen LogP contribution in [0.25, 0.3) is 5.52 Å². The van der Waals surface area contributed by atoms with Crippen LogP contribution in [0.3, 0.4) is 0 Å². The highest BCUT2D eigenvalue weighted by molar-refractivity contribution is 5.95. The fourth-order valence-electron chi connectivity index (χ4n) is 2.74. The van der Waals surface area contributed by atoms with E-state index in [-0.39, 0.29) is 5.91 Å². The molecular formula is C16H18N4O. The standard InChI is InChI=1S/C16H18N4O/c17-5-3-6-18-8-10-19(11-9-18)16(21)14-12-15-4-1-2-7-20(15)13-14/h1-2,4,7,12-13H,3,6,8-11H2. The van der Waals surface area contributed by atoms with Crippen LogP contribution in [-0.2, 0) is 0 Å². The normalized spacial score (nSPS) is 16.0. The van der Waals surface area contributed by atoms with Gasteiger partial charge in [-0.2, -0.15) is 5.26 Å². The minimum Gasteiger partial charge on any atom is -0.336 e. The van der Waals surface area contributed by atoms with Gasteiger partial charge in [0.25, 0.3) is 5.91 Å². The summed E-state index contributed by atoms with van der Waals surface area (Å²) < 4.78 is 1.97.